The van der Waals surface area contributed by atoms with E-state index in [-0.39, 0.29) is 6.61 Å². The van der Waals surface area contributed by atoms with Gasteiger partial charge in [-0.1, -0.05) is 42.5 Å². The summed E-state index contributed by atoms with van der Waals surface area (Å²) >= 11 is 0. The molecule has 0 aliphatic heterocycles. The van der Waals surface area contributed by atoms with Gasteiger partial charge in [0.25, 0.3) is 0 Å². The van der Waals surface area contributed by atoms with E-state index in [4.69, 9.17) is 9.47 Å². The van der Waals surface area contributed by atoms with Crippen LogP contribution in [0.2, 0.25) is 0 Å². The molecule has 2 aromatic rings. The first-order valence-corrected chi connectivity index (χ1v) is 6.23. The summed E-state index contributed by atoms with van der Waals surface area (Å²) in [5, 5.41) is 9.94. The quantitative estimate of drug-likeness (QED) is 0.865. The van der Waals surface area contributed by atoms with E-state index in [1.54, 1.807) is 7.11 Å². The lowest BCUT2D eigenvalue weighted by Gasteiger charge is -2.11. The first-order chi connectivity index (χ1) is 9.29. The number of hydrogen-bond acceptors (Lipinski definition) is 3. The van der Waals surface area contributed by atoms with Crippen LogP contribution in [0.15, 0.2) is 54.6 Å². The molecule has 1 atom stereocenters. The van der Waals surface area contributed by atoms with E-state index >= 15 is 0 Å². The topological polar surface area (TPSA) is 38.7 Å². The smallest absolute Gasteiger partial charge is 0.118 e. The Balaban J connectivity index is 1.79. The summed E-state index contributed by atoms with van der Waals surface area (Å²) < 4.78 is 10.6. The maximum atomic E-state index is 9.94. The highest BCUT2D eigenvalue weighted by molar-refractivity contribution is 5.26. The lowest BCUT2D eigenvalue weighted by Crippen LogP contribution is -2.07. The molecule has 0 amide bonds. The van der Waals surface area contributed by atoms with Crippen LogP contribution in [0, 0.1) is 0 Å². The third-order valence-corrected chi connectivity index (χ3v) is 2.89. The third kappa shape index (κ3) is 4.09. The highest BCUT2D eigenvalue weighted by atomic mass is 16.5. The zero-order chi connectivity index (χ0) is 13.5. The molecule has 0 saturated carbocycles. The van der Waals surface area contributed by atoms with Crippen molar-refractivity contribution in [2.45, 2.75) is 12.7 Å². The van der Waals surface area contributed by atoms with Crippen molar-refractivity contribution in [3.63, 3.8) is 0 Å². The van der Waals surface area contributed by atoms with Crippen LogP contribution in [0.3, 0.4) is 0 Å². The summed E-state index contributed by atoms with van der Waals surface area (Å²) in [5.41, 5.74) is 1.93. The number of aliphatic hydroxyl groups excluding tert-OH is 1. The molecule has 0 aliphatic carbocycles. The summed E-state index contributed by atoms with van der Waals surface area (Å²) in [4.78, 5) is 0. The fraction of sp³-hybridized carbons (Fsp3) is 0.250. The molecule has 2 aromatic carbocycles. The second-order valence-corrected chi connectivity index (χ2v) is 4.29. The van der Waals surface area contributed by atoms with Crippen LogP contribution in [0.5, 0.6) is 5.75 Å². The van der Waals surface area contributed by atoms with Gasteiger partial charge in [-0.15, -0.1) is 0 Å². The van der Waals surface area contributed by atoms with E-state index in [1.165, 1.54) is 0 Å². The fourth-order valence-electron chi connectivity index (χ4n) is 1.78. The van der Waals surface area contributed by atoms with Crippen LogP contribution >= 0.6 is 0 Å². The van der Waals surface area contributed by atoms with Crippen LogP contribution in [0.4, 0.5) is 0 Å². The molecule has 3 heteroatoms. The predicted molar refractivity (Wildman–Crippen MR) is 74.1 cm³/mol. The minimum atomic E-state index is -0.584. The van der Waals surface area contributed by atoms with Crippen molar-refractivity contribution in [2.24, 2.45) is 0 Å². The molecular formula is C16H18O3. The van der Waals surface area contributed by atoms with Crippen molar-refractivity contribution in [3.8, 4) is 5.75 Å². The molecule has 19 heavy (non-hydrogen) atoms. The Kier molecular flexibility index (Phi) is 4.95. The predicted octanol–water partition coefficient (Wildman–Crippen LogP) is 2.95. The number of ether oxygens (including phenoxy) is 2. The molecule has 100 valence electrons. The van der Waals surface area contributed by atoms with Gasteiger partial charge in [0.05, 0.1) is 20.3 Å². The van der Waals surface area contributed by atoms with Gasteiger partial charge in [-0.3, -0.25) is 0 Å². The maximum absolute atomic E-state index is 9.94. The zero-order valence-corrected chi connectivity index (χ0v) is 11.0. The largest absolute Gasteiger partial charge is 0.497 e. The molecule has 2 rings (SSSR count). The van der Waals surface area contributed by atoms with Crippen LogP contribution in [0.1, 0.15) is 17.2 Å². The Morgan fingerprint density at radius 3 is 2.32 bits per heavy atom. The monoisotopic (exact) mass is 258 g/mol. The molecule has 0 bridgehead atoms. The van der Waals surface area contributed by atoms with Gasteiger partial charge in [-0.25, -0.2) is 0 Å². The highest BCUT2D eigenvalue weighted by Gasteiger charge is 2.06. The van der Waals surface area contributed by atoms with Gasteiger partial charge in [-0.05, 0) is 23.3 Å². The molecule has 0 saturated heterocycles. The molecule has 0 fully saturated rings. The Bertz CT molecular complexity index is 479. The summed E-state index contributed by atoms with van der Waals surface area (Å²) in [6.45, 7) is 0.768. The molecule has 1 N–H and O–H groups in total. The second-order valence-electron chi connectivity index (χ2n) is 4.29. The van der Waals surface area contributed by atoms with Crippen LogP contribution < -0.4 is 4.74 Å². The standard InChI is InChI=1S/C16H18O3/c1-18-15-9-7-13(8-10-15)11-19-12-16(17)14-5-3-2-4-6-14/h2-10,16-17H,11-12H2,1H3. The molecule has 0 heterocycles. The van der Waals surface area contributed by atoms with Crippen LogP contribution in [-0.4, -0.2) is 18.8 Å². The van der Waals surface area contributed by atoms with Crippen LogP contribution in [0.25, 0.3) is 0 Å². The molecular weight excluding hydrogens is 240 g/mol. The Morgan fingerprint density at radius 1 is 1.00 bits per heavy atom. The number of benzene rings is 2. The molecule has 0 aromatic heterocycles. The van der Waals surface area contributed by atoms with Crippen LogP contribution in [-0.2, 0) is 11.3 Å². The van der Waals surface area contributed by atoms with Crippen molar-refractivity contribution in [3.05, 3.63) is 65.7 Å². The van der Waals surface area contributed by atoms with Gasteiger partial charge in [-0.2, -0.15) is 0 Å². The third-order valence-electron chi connectivity index (χ3n) is 2.89. The average molecular weight is 258 g/mol. The maximum Gasteiger partial charge on any atom is 0.118 e. The van der Waals surface area contributed by atoms with Crippen molar-refractivity contribution in [1.82, 2.24) is 0 Å². The minimum Gasteiger partial charge on any atom is -0.497 e. The normalized spacial score (nSPS) is 12.1. The summed E-state index contributed by atoms with van der Waals surface area (Å²) in [7, 11) is 1.64. The van der Waals surface area contributed by atoms with Gasteiger partial charge in [0.2, 0.25) is 0 Å². The first kappa shape index (κ1) is 13.6. The summed E-state index contributed by atoms with van der Waals surface area (Å²) in [6, 6.07) is 17.2. The first-order valence-electron chi connectivity index (χ1n) is 6.23. The molecule has 0 aliphatic rings. The van der Waals surface area contributed by atoms with E-state index in [2.05, 4.69) is 0 Å². The Morgan fingerprint density at radius 2 is 1.68 bits per heavy atom. The SMILES string of the molecule is COc1ccc(COCC(O)c2ccccc2)cc1. The van der Waals surface area contributed by atoms with Gasteiger partial charge < -0.3 is 14.6 Å². The van der Waals surface area contributed by atoms with Crippen molar-refractivity contribution in [1.29, 1.82) is 0 Å². The Labute approximate surface area is 113 Å². The minimum absolute atomic E-state index is 0.288. The second kappa shape index (κ2) is 6.92. The van der Waals surface area contributed by atoms with Gasteiger partial charge >= 0.3 is 0 Å². The van der Waals surface area contributed by atoms with E-state index in [1.807, 2.05) is 54.6 Å². The Hall–Kier alpha value is -1.84. The number of hydrogen-bond donors (Lipinski definition) is 1. The van der Waals surface area contributed by atoms with E-state index < -0.39 is 6.10 Å². The average Bonchev–Trinajstić information content (AvgIpc) is 2.49. The summed E-state index contributed by atoms with van der Waals surface area (Å²) in [6.07, 6.45) is -0.584. The fourth-order valence-corrected chi connectivity index (χ4v) is 1.78. The molecule has 0 spiro atoms. The van der Waals surface area contributed by atoms with E-state index in [0.717, 1.165) is 16.9 Å². The molecule has 3 nitrogen and oxygen atoms in total. The lowest BCUT2D eigenvalue weighted by molar-refractivity contribution is 0.0277. The molecule has 0 radical (unpaired) electrons. The van der Waals surface area contributed by atoms with Gasteiger partial charge in [0, 0.05) is 0 Å². The van der Waals surface area contributed by atoms with E-state index in [9.17, 15) is 5.11 Å². The van der Waals surface area contributed by atoms with Gasteiger partial charge in [0.1, 0.15) is 11.9 Å². The van der Waals surface area contributed by atoms with Crippen molar-refractivity contribution >= 4 is 0 Å². The van der Waals surface area contributed by atoms with Gasteiger partial charge in [0.15, 0.2) is 0 Å². The van der Waals surface area contributed by atoms with Crippen molar-refractivity contribution < 1.29 is 14.6 Å². The number of rotatable bonds is 6. The van der Waals surface area contributed by atoms with Crippen molar-refractivity contribution in [2.75, 3.05) is 13.7 Å². The molecule has 1 unspecified atom stereocenters. The van der Waals surface area contributed by atoms with E-state index in [0.29, 0.717) is 6.61 Å². The number of methoxy groups -OCH3 is 1. The zero-order valence-electron chi connectivity index (χ0n) is 11.0. The lowest BCUT2D eigenvalue weighted by atomic mass is 10.1. The number of aliphatic hydroxyl groups is 1. The highest BCUT2D eigenvalue weighted by Crippen LogP contribution is 2.15. The summed E-state index contributed by atoms with van der Waals surface area (Å²) in [5.74, 6) is 0.827.